The number of ether oxygens (including phenoxy) is 1. The van der Waals surface area contributed by atoms with Gasteiger partial charge in [0.05, 0.1) is 13.2 Å². The number of hydrogen-bond donors (Lipinski definition) is 1. The van der Waals surface area contributed by atoms with Crippen molar-refractivity contribution in [2.24, 2.45) is 5.92 Å². The van der Waals surface area contributed by atoms with Gasteiger partial charge in [0.1, 0.15) is 0 Å². The number of nitrogens with zero attached hydrogens (tertiary/aromatic N) is 1. The molecule has 2 heterocycles. The second kappa shape index (κ2) is 2.49. The summed E-state index contributed by atoms with van der Waals surface area (Å²) in [5.74, 6) is 0.784. The normalized spacial score (nSPS) is 40.5. The average Bonchev–Trinajstić information content (AvgIpc) is 2.26. The lowest BCUT2D eigenvalue weighted by molar-refractivity contribution is 0.0458. The van der Waals surface area contributed by atoms with E-state index in [1.54, 1.807) is 0 Å². The van der Waals surface area contributed by atoms with Crippen molar-refractivity contribution in [1.29, 1.82) is 0 Å². The number of nitrogens with one attached hydrogen (secondary N) is 1. The maximum Gasteiger partial charge on any atom is 0.0636 e. The molecule has 58 valence electrons. The first-order valence-electron chi connectivity index (χ1n) is 3.92. The fourth-order valence-electron chi connectivity index (χ4n) is 1.94. The van der Waals surface area contributed by atoms with E-state index in [0.717, 1.165) is 19.1 Å². The van der Waals surface area contributed by atoms with E-state index in [1.807, 2.05) is 7.05 Å². The van der Waals surface area contributed by atoms with Crippen LogP contribution in [0.4, 0.5) is 0 Å². The Morgan fingerprint density at radius 3 is 3.10 bits per heavy atom. The van der Waals surface area contributed by atoms with Crippen LogP contribution >= 0.6 is 0 Å². The lowest BCUT2D eigenvalue weighted by atomic mass is 10.1. The second-order valence-electron chi connectivity index (χ2n) is 3.17. The van der Waals surface area contributed by atoms with Crippen LogP contribution in [0.25, 0.3) is 0 Å². The highest BCUT2D eigenvalue weighted by Gasteiger charge is 2.34. The molecule has 2 fully saturated rings. The second-order valence-corrected chi connectivity index (χ2v) is 3.17. The molecule has 0 spiro atoms. The first kappa shape index (κ1) is 6.58. The highest BCUT2D eigenvalue weighted by atomic mass is 16.5. The van der Waals surface area contributed by atoms with Crippen molar-refractivity contribution in [2.45, 2.75) is 12.5 Å². The fourth-order valence-corrected chi connectivity index (χ4v) is 1.94. The van der Waals surface area contributed by atoms with Gasteiger partial charge in [-0.1, -0.05) is 0 Å². The van der Waals surface area contributed by atoms with E-state index < -0.39 is 0 Å². The Morgan fingerprint density at radius 2 is 2.40 bits per heavy atom. The summed E-state index contributed by atoms with van der Waals surface area (Å²) in [4.78, 5) is 0. The highest BCUT2D eigenvalue weighted by Crippen LogP contribution is 2.25. The molecule has 2 unspecified atom stereocenters. The summed E-state index contributed by atoms with van der Waals surface area (Å²) in [6.07, 6.45) is 1.32. The standard InChI is InChI=1S/C7H14N2O/c1-8-9-3-6-2-7(9)5-10-4-6/h6-8H,2-5H2,1H3. The zero-order chi connectivity index (χ0) is 6.97. The van der Waals surface area contributed by atoms with Crippen molar-refractivity contribution in [3.63, 3.8) is 0 Å². The van der Waals surface area contributed by atoms with Gasteiger partial charge in [-0.3, -0.25) is 5.43 Å². The zero-order valence-corrected chi connectivity index (χ0v) is 6.34. The molecule has 0 aliphatic carbocycles. The Morgan fingerprint density at radius 1 is 1.50 bits per heavy atom. The maximum atomic E-state index is 5.41. The van der Waals surface area contributed by atoms with Gasteiger partial charge < -0.3 is 4.74 Å². The van der Waals surface area contributed by atoms with Crippen molar-refractivity contribution < 1.29 is 4.74 Å². The molecule has 3 nitrogen and oxygen atoms in total. The van der Waals surface area contributed by atoms with Crippen molar-refractivity contribution in [2.75, 3.05) is 26.8 Å². The number of fused-ring (bicyclic) bond motifs is 2. The van der Waals surface area contributed by atoms with Crippen molar-refractivity contribution in [1.82, 2.24) is 10.4 Å². The molecule has 2 bridgehead atoms. The summed E-state index contributed by atoms with van der Waals surface area (Å²) in [6.45, 7) is 3.05. The Labute approximate surface area is 61.3 Å². The first-order valence-corrected chi connectivity index (χ1v) is 3.92. The van der Waals surface area contributed by atoms with Crippen LogP contribution in [0.15, 0.2) is 0 Å². The van der Waals surface area contributed by atoms with E-state index in [9.17, 15) is 0 Å². The minimum atomic E-state index is 0.642. The van der Waals surface area contributed by atoms with Crippen LogP contribution < -0.4 is 5.43 Å². The summed E-state index contributed by atoms with van der Waals surface area (Å²) in [5, 5.41) is 2.29. The molecule has 2 saturated heterocycles. The van der Waals surface area contributed by atoms with E-state index in [4.69, 9.17) is 4.74 Å². The van der Waals surface area contributed by atoms with E-state index in [2.05, 4.69) is 10.4 Å². The molecule has 2 atom stereocenters. The monoisotopic (exact) mass is 142 g/mol. The molecule has 0 aromatic rings. The summed E-state index contributed by atoms with van der Waals surface area (Å²) < 4.78 is 5.41. The van der Waals surface area contributed by atoms with Crippen molar-refractivity contribution >= 4 is 0 Å². The third kappa shape index (κ3) is 0.944. The molecule has 10 heavy (non-hydrogen) atoms. The van der Waals surface area contributed by atoms with Crippen molar-refractivity contribution in [3.8, 4) is 0 Å². The summed E-state index contributed by atoms with van der Waals surface area (Å²) >= 11 is 0. The molecular weight excluding hydrogens is 128 g/mol. The predicted octanol–water partition coefficient (Wildman–Crippen LogP) is -0.159. The molecule has 0 amide bonds. The number of hydrazine groups is 1. The fraction of sp³-hybridized carbons (Fsp3) is 1.00. The highest BCUT2D eigenvalue weighted by molar-refractivity contribution is 4.85. The average molecular weight is 142 g/mol. The van der Waals surface area contributed by atoms with E-state index >= 15 is 0 Å². The SMILES string of the molecule is CNN1CC2COCC1C2. The molecule has 2 rings (SSSR count). The molecule has 1 N–H and O–H groups in total. The maximum absolute atomic E-state index is 5.41. The van der Waals surface area contributed by atoms with Gasteiger partial charge in [-0.25, -0.2) is 5.01 Å². The molecular formula is C7H14N2O. The summed E-state index contributed by atoms with van der Waals surface area (Å²) in [6, 6.07) is 0.642. The van der Waals surface area contributed by atoms with Gasteiger partial charge in [0.25, 0.3) is 0 Å². The van der Waals surface area contributed by atoms with Crippen LogP contribution in [0.2, 0.25) is 0 Å². The number of hydrogen-bond acceptors (Lipinski definition) is 3. The van der Waals surface area contributed by atoms with Gasteiger partial charge in [-0.05, 0) is 19.4 Å². The molecule has 0 aromatic carbocycles. The Hall–Kier alpha value is -0.120. The molecule has 3 heteroatoms. The minimum absolute atomic E-state index is 0.642. The van der Waals surface area contributed by atoms with Crippen LogP contribution in [0.5, 0.6) is 0 Å². The number of rotatable bonds is 1. The van der Waals surface area contributed by atoms with Crippen LogP contribution in [-0.4, -0.2) is 37.9 Å². The lowest BCUT2D eigenvalue weighted by Gasteiger charge is -2.22. The molecule has 0 saturated carbocycles. The predicted molar refractivity (Wildman–Crippen MR) is 38.5 cm³/mol. The molecule has 0 aromatic heterocycles. The van der Waals surface area contributed by atoms with Gasteiger partial charge in [0, 0.05) is 12.6 Å². The van der Waals surface area contributed by atoms with Crippen molar-refractivity contribution in [3.05, 3.63) is 0 Å². The Bertz CT molecular complexity index is 129. The van der Waals surface area contributed by atoms with Crippen LogP contribution in [0.3, 0.4) is 0 Å². The van der Waals surface area contributed by atoms with Gasteiger partial charge in [0.15, 0.2) is 0 Å². The third-order valence-electron chi connectivity index (χ3n) is 2.45. The van der Waals surface area contributed by atoms with Crippen LogP contribution in [-0.2, 0) is 4.74 Å². The Kier molecular flexibility index (Phi) is 1.64. The Balaban J connectivity index is 2.01. The van der Waals surface area contributed by atoms with Gasteiger partial charge in [0.2, 0.25) is 0 Å². The van der Waals surface area contributed by atoms with Gasteiger partial charge in [-0.15, -0.1) is 0 Å². The quantitative estimate of drug-likeness (QED) is 0.550. The topological polar surface area (TPSA) is 24.5 Å². The third-order valence-corrected chi connectivity index (χ3v) is 2.45. The molecule has 2 aliphatic rings. The molecule has 0 radical (unpaired) electrons. The van der Waals surface area contributed by atoms with Gasteiger partial charge >= 0.3 is 0 Å². The van der Waals surface area contributed by atoms with E-state index in [-0.39, 0.29) is 0 Å². The van der Waals surface area contributed by atoms with Crippen LogP contribution in [0.1, 0.15) is 6.42 Å². The largest absolute Gasteiger partial charge is 0.379 e. The smallest absolute Gasteiger partial charge is 0.0636 e. The minimum Gasteiger partial charge on any atom is -0.379 e. The van der Waals surface area contributed by atoms with E-state index in [1.165, 1.54) is 13.0 Å². The summed E-state index contributed by atoms with van der Waals surface area (Å²) in [5.41, 5.74) is 3.19. The molecule has 2 aliphatic heterocycles. The zero-order valence-electron chi connectivity index (χ0n) is 6.34. The summed E-state index contributed by atoms with van der Waals surface area (Å²) in [7, 11) is 1.99. The van der Waals surface area contributed by atoms with E-state index in [0.29, 0.717) is 6.04 Å². The van der Waals surface area contributed by atoms with Crippen LogP contribution in [0, 0.1) is 5.92 Å². The van der Waals surface area contributed by atoms with Gasteiger partial charge in [-0.2, -0.15) is 0 Å². The first-order chi connectivity index (χ1) is 4.90. The lowest BCUT2D eigenvalue weighted by Crippen LogP contribution is -2.40.